The molecule has 0 spiro atoms. The van der Waals surface area contributed by atoms with Gasteiger partial charge in [0.1, 0.15) is 23.2 Å². The molecule has 2 N–H and O–H groups in total. The average molecular weight is 511 g/mol. The van der Waals surface area contributed by atoms with Gasteiger partial charge in [-0.15, -0.1) is 0 Å². The normalized spacial score (nSPS) is 17.0. The van der Waals surface area contributed by atoms with E-state index in [1.54, 1.807) is 5.32 Å². The summed E-state index contributed by atoms with van der Waals surface area (Å²) in [4.78, 5) is 46.9. The molecule has 1 fully saturated rings. The van der Waals surface area contributed by atoms with Crippen LogP contribution in [0.4, 0.5) is 27.8 Å². The van der Waals surface area contributed by atoms with Gasteiger partial charge < -0.3 is 10.4 Å². The van der Waals surface area contributed by atoms with Gasteiger partial charge in [0.15, 0.2) is 17.3 Å². The summed E-state index contributed by atoms with van der Waals surface area (Å²) in [5, 5.41) is 11.2. The van der Waals surface area contributed by atoms with Crippen molar-refractivity contribution in [3.8, 4) is 5.82 Å². The summed E-state index contributed by atoms with van der Waals surface area (Å²) in [6.45, 7) is 1.10. The summed E-state index contributed by atoms with van der Waals surface area (Å²) in [7, 11) is 0. The number of halogens is 5. The lowest BCUT2D eigenvalue weighted by molar-refractivity contribution is -0.153. The maximum atomic E-state index is 14.7. The van der Waals surface area contributed by atoms with Crippen molar-refractivity contribution in [1.82, 2.24) is 19.9 Å². The van der Waals surface area contributed by atoms with Crippen molar-refractivity contribution in [2.45, 2.75) is 38.1 Å². The zero-order valence-corrected chi connectivity index (χ0v) is 18.5. The Morgan fingerprint density at radius 1 is 1.28 bits per heavy atom. The molecule has 2 amide bonds. The number of anilines is 1. The molecular weight excluding hydrogens is 493 g/mol. The number of hydrogen-bond donors (Lipinski definition) is 2. The number of alkyl halides is 3. The predicted molar refractivity (Wildman–Crippen MR) is 116 cm³/mol. The standard InChI is InChI=1S/C22H18F5N5O4/c1-2-15(22(25,26)27)29-21(36)13-9-32(20-14(24)5-10(23)7-28-20)19-12(18(13)35)3-4-16(30-19)31-8-11(33)6-17(31)34/h3-5,7,9,11,15,33H,2,6,8H2,1H3,(H,29,36)/t11?,15-/m1/s1. The Bertz CT molecular complexity index is 1420. The third-order valence-corrected chi connectivity index (χ3v) is 5.59. The van der Waals surface area contributed by atoms with Gasteiger partial charge in [0.05, 0.1) is 30.7 Å². The molecule has 0 radical (unpaired) electrons. The number of β-amino-alcohol motifs (C(OH)–C–C–N with tert-alkyl or cyclic N) is 1. The van der Waals surface area contributed by atoms with Crippen molar-refractivity contribution in [3.05, 3.63) is 58.0 Å². The van der Waals surface area contributed by atoms with Crippen molar-refractivity contribution >= 4 is 28.7 Å². The van der Waals surface area contributed by atoms with E-state index in [2.05, 4.69) is 9.97 Å². The van der Waals surface area contributed by atoms with Crippen molar-refractivity contribution < 1.29 is 36.6 Å². The van der Waals surface area contributed by atoms with Crippen molar-refractivity contribution in [1.29, 1.82) is 0 Å². The van der Waals surface area contributed by atoms with Crippen LogP contribution in [0.15, 0.2) is 35.4 Å². The smallest absolute Gasteiger partial charge is 0.391 e. The van der Waals surface area contributed by atoms with E-state index in [0.717, 1.165) is 21.7 Å². The first-order chi connectivity index (χ1) is 16.9. The number of fused-ring (bicyclic) bond motifs is 1. The first kappa shape index (κ1) is 25.2. The fourth-order valence-electron chi connectivity index (χ4n) is 3.81. The van der Waals surface area contributed by atoms with E-state index >= 15 is 0 Å². The summed E-state index contributed by atoms with van der Waals surface area (Å²) < 4.78 is 68.5. The van der Waals surface area contributed by atoms with Crippen LogP contribution >= 0.6 is 0 Å². The van der Waals surface area contributed by atoms with E-state index < -0.39 is 65.0 Å². The Morgan fingerprint density at radius 2 is 2.00 bits per heavy atom. The number of nitrogens with one attached hydrogen (secondary N) is 1. The predicted octanol–water partition coefficient (Wildman–Crippen LogP) is 2.23. The fourth-order valence-corrected chi connectivity index (χ4v) is 3.81. The van der Waals surface area contributed by atoms with Crippen molar-refractivity contribution in [3.63, 3.8) is 0 Å². The maximum absolute atomic E-state index is 14.7. The van der Waals surface area contributed by atoms with Crippen molar-refractivity contribution in [2.24, 2.45) is 0 Å². The van der Waals surface area contributed by atoms with Crippen LogP contribution in [0.25, 0.3) is 16.9 Å². The van der Waals surface area contributed by atoms with Crippen LogP contribution < -0.4 is 15.6 Å². The van der Waals surface area contributed by atoms with Gasteiger partial charge in [-0.2, -0.15) is 13.2 Å². The van der Waals surface area contributed by atoms with Gasteiger partial charge in [0, 0.05) is 12.3 Å². The molecule has 4 heterocycles. The highest BCUT2D eigenvalue weighted by atomic mass is 19.4. The molecule has 36 heavy (non-hydrogen) atoms. The average Bonchev–Trinajstić information content (AvgIpc) is 3.14. The molecule has 0 aromatic carbocycles. The van der Waals surface area contributed by atoms with Gasteiger partial charge in [-0.05, 0) is 18.6 Å². The molecule has 2 atom stereocenters. The summed E-state index contributed by atoms with van der Waals surface area (Å²) in [5.74, 6) is -4.70. The molecule has 3 aromatic rings. The molecule has 1 aliphatic heterocycles. The second kappa shape index (κ2) is 9.26. The van der Waals surface area contributed by atoms with Gasteiger partial charge in [0.25, 0.3) is 5.91 Å². The highest BCUT2D eigenvalue weighted by Gasteiger charge is 2.40. The minimum absolute atomic E-state index is 0.0139. The van der Waals surface area contributed by atoms with Gasteiger partial charge in [-0.1, -0.05) is 6.92 Å². The Hall–Kier alpha value is -3.94. The molecule has 1 aliphatic rings. The number of aliphatic hydroxyl groups excluding tert-OH is 1. The van der Waals surface area contributed by atoms with E-state index in [-0.39, 0.29) is 29.8 Å². The lowest BCUT2D eigenvalue weighted by Crippen LogP contribution is -2.46. The molecule has 4 rings (SSSR count). The fraction of sp³-hybridized carbons (Fsp3) is 0.318. The number of aromatic nitrogens is 3. The molecule has 3 aromatic heterocycles. The second-order valence-corrected chi connectivity index (χ2v) is 8.08. The number of rotatable bonds is 5. The highest BCUT2D eigenvalue weighted by Crippen LogP contribution is 2.25. The number of amides is 2. The number of nitrogens with zero attached hydrogens (tertiary/aromatic N) is 4. The van der Waals surface area contributed by atoms with Crippen molar-refractivity contribution in [2.75, 3.05) is 11.4 Å². The zero-order chi connectivity index (χ0) is 26.4. The Balaban J connectivity index is 1.92. The first-order valence-corrected chi connectivity index (χ1v) is 10.6. The van der Waals surface area contributed by atoms with Crippen LogP contribution in [-0.4, -0.2) is 56.3 Å². The lowest BCUT2D eigenvalue weighted by atomic mass is 10.1. The van der Waals surface area contributed by atoms with Gasteiger partial charge >= 0.3 is 6.18 Å². The molecule has 1 saturated heterocycles. The molecular formula is C22H18F5N5O4. The van der Waals surface area contributed by atoms with Crippen LogP contribution in [0.2, 0.25) is 0 Å². The third-order valence-electron chi connectivity index (χ3n) is 5.59. The van der Waals surface area contributed by atoms with Gasteiger partial charge in [-0.25, -0.2) is 18.7 Å². The summed E-state index contributed by atoms with van der Waals surface area (Å²) in [5.41, 5.74) is -2.08. The number of aliphatic hydroxyl groups is 1. The molecule has 0 aliphatic carbocycles. The largest absolute Gasteiger partial charge is 0.408 e. The zero-order valence-electron chi connectivity index (χ0n) is 18.5. The van der Waals surface area contributed by atoms with E-state index in [1.807, 2.05) is 0 Å². The van der Waals surface area contributed by atoms with Crippen LogP contribution in [-0.2, 0) is 4.79 Å². The molecule has 0 saturated carbocycles. The lowest BCUT2D eigenvalue weighted by Gasteiger charge is -2.21. The van der Waals surface area contributed by atoms with Crippen LogP contribution in [0, 0.1) is 11.6 Å². The first-order valence-electron chi connectivity index (χ1n) is 10.6. The Kier molecular flexibility index (Phi) is 6.47. The second-order valence-electron chi connectivity index (χ2n) is 8.08. The number of hydrogen-bond acceptors (Lipinski definition) is 6. The number of carbonyl (C=O) groups excluding carboxylic acids is 2. The minimum atomic E-state index is -4.78. The van der Waals surface area contributed by atoms with Gasteiger partial charge in [0.2, 0.25) is 11.3 Å². The van der Waals surface area contributed by atoms with Gasteiger partial charge in [-0.3, -0.25) is 23.9 Å². The third kappa shape index (κ3) is 4.63. The monoisotopic (exact) mass is 511 g/mol. The number of carbonyl (C=O) groups is 2. The van der Waals surface area contributed by atoms with E-state index in [0.29, 0.717) is 12.3 Å². The SMILES string of the molecule is CC[C@@H](NC(=O)c1cn(-c2ncc(F)cc2F)c2nc(N3CC(O)CC3=O)ccc2c1=O)C(F)(F)F. The summed E-state index contributed by atoms with van der Waals surface area (Å²) >= 11 is 0. The van der Waals surface area contributed by atoms with Crippen LogP contribution in [0.5, 0.6) is 0 Å². The molecule has 190 valence electrons. The Morgan fingerprint density at radius 3 is 2.58 bits per heavy atom. The molecule has 9 nitrogen and oxygen atoms in total. The maximum Gasteiger partial charge on any atom is 0.408 e. The molecule has 1 unspecified atom stereocenters. The minimum Gasteiger partial charge on any atom is -0.391 e. The summed E-state index contributed by atoms with van der Waals surface area (Å²) in [6, 6.07) is 0.633. The van der Waals surface area contributed by atoms with E-state index in [9.17, 15) is 41.4 Å². The van der Waals surface area contributed by atoms with E-state index in [4.69, 9.17) is 0 Å². The molecule has 0 bridgehead atoms. The summed E-state index contributed by atoms with van der Waals surface area (Å²) in [6.07, 6.45) is -5.01. The topological polar surface area (TPSA) is 117 Å². The molecule has 14 heteroatoms. The Labute approximate surface area is 199 Å². The quantitative estimate of drug-likeness (QED) is 0.508. The van der Waals surface area contributed by atoms with Crippen LogP contribution in [0.1, 0.15) is 30.1 Å². The highest BCUT2D eigenvalue weighted by molar-refractivity contribution is 5.99. The van der Waals surface area contributed by atoms with Crippen LogP contribution in [0.3, 0.4) is 0 Å². The van der Waals surface area contributed by atoms with E-state index in [1.165, 1.54) is 13.0 Å². The number of pyridine rings is 3.